The Morgan fingerprint density at radius 1 is 0.941 bits per heavy atom. The van der Waals surface area contributed by atoms with Crippen LogP contribution in [0.4, 0.5) is 0 Å². The topological polar surface area (TPSA) is 9.23 Å². The first-order valence-corrected chi connectivity index (χ1v) is 7.46. The molecule has 0 aromatic heterocycles. The minimum Gasteiger partial charge on any atom is -0.490 e. The van der Waals surface area contributed by atoms with Crippen LogP contribution in [0.1, 0.15) is 51.4 Å². The molecule has 1 heterocycles. The fourth-order valence-corrected chi connectivity index (χ4v) is 3.55. The van der Waals surface area contributed by atoms with Gasteiger partial charge < -0.3 is 4.74 Å². The van der Waals surface area contributed by atoms with Gasteiger partial charge in [0.25, 0.3) is 0 Å². The highest BCUT2D eigenvalue weighted by Gasteiger charge is 2.37. The van der Waals surface area contributed by atoms with Gasteiger partial charge in [0.05, 0.1) is 5.76 Å². The Bertz CT molecular complexity index is 371. The summed E-state index contributed by atoms with van der Waals surface area (Å²) in [4.78, 5) is 0. The fourth-order valence-electron chi connectivity index (χ4n) is 3.55. The normalized spacial score (nSPS) is 37.4. The highest BCUT2D eigenvalue weighted by atomic mass is 16.5. The van der Waals surface area contributed by atoms with E-state index in [0.29, 0.717) is 6.10 Å². The second-order valence-electron chi connectivity index (χ2n) is 6.38. The number of allylic oxidation sites excluding steroid dienone is 2. The summed E-state index contributed by atoms with van der Waals surface area (Å²) in [6.45, 7) is 0. The lowest BCUT2D eigenvalue weighted by Gasteiger charge is -2.26. The summed E-state index contributed by atoms with van der Waals surface area (Å²) < 4.78 is 6.17. The summed E-state index contributed by atoms with van der Waals surface area (Å²) in [6, 6.07) is 0. The lowest BCUT2D eigenvalue weighted by Crippen LogP contribution is -2.18. The maximum atomic E-state index is 6.17. The third kappa shape index (κ3) is 2.05. The molecule has 2 saturated carbocycles. The van der Waals surface area contributed by atoms with Gasteiger partial charge in [-0.05, 0) is 68.4 Å². The van der Waals surface area contributed by atoms with Gasteiger partial charge >= 0.3 is 0 Å². The molecule has 0 spiro atoms. The van der Waals surface area contributed by atoms with Crippen LogP contribution in [0, 0.1) is 17.8 Å². The Hall–Kier alpha value is -0.720. The Morgan fingerprint density at radius 2 is 1.82 bits per heavy atom. The van der Waals surface area contributed by atoms with Crippen LogP contribution in [0.5, 0.6) is 0 Å². The number of rotatable bonds is 3. The highest BCUT2D eigenvalue weighted by molar-refractivity contribution is 5.21. The SMILES string of the molecule is C1=C(C2CC2)OC(C2=CCCC(C3CC3)C2)C1. The van der Waals surface area contributed by atoms with Crippen LogP contribution in [-0.4, -0.2) is 6.10 Å². The third-order valence-electron chi connectivity index (χ3n) is 4.94. The van der Waals surface area contributed by atoms with Crippen LogP contribution in [0.3, 0.4) is 0 Å². The molecule has 2 fully saturated rings. The monoisotopic (exact) mass is 230 g/mol. The lowest BCUT2D eigenvalue weighted by molar-refractivity contribution is 0.152. The number of hydrogen-bond acceptors (Lipinski definition) is 1. The quantitative estimate of drug-likeness (QED) is 0.660. The van der Waals surface area contributed by atoms with Crippen molar-refractivity contribution < 1.29 is 4.74 Å². The molecule has 2 atom stereocenters. The molecule has 1 aliphatic heterocycles. The van der Waals surface area contributed by atoms with Crippen LogP contribution in [0.25, 0.3) is 0 Å². The van der Waals surface area contributed by atoms with Crippen molar-refractivity contribution in [1.82, 2.24) is 0 Å². The zero-order valence-corrected chi connectivity index (χ0v) is 10.5. The predicted molar refractivity (Wildman–Crippen MR) is 68.4 cm³/mol. The molecule has 0 N–H and O–H groups in total. The van der Waals surface area contributed by atoms with E-state index in [1.54, 1.807) is 5.57 Å². The van der Waals surface area contributed by atoms with E-state index in [1.807, 2.05) is 0 Å². The minimum absolute atomic E-state index is 0.423. The summed E-state index contributed by atoms with van der Waals surface area (Å²) >= 11 is 0. The van der Waals surface area contributed by atoms with Crippen molar-refractivity contribution in [1.29, 1.82) is 0 Å². The van der Waals surface area contributed by atoms with E-state index >= 15 is 0 Å². The van der Waals surface area contributed by atoms with E-state index in [9.17, 15) is 0 Å². The number of ether oxygens (including phenoxy) is 1. The van der Waals surface area contributed by atoms with Gasteiger partial charge in [0.2, 0.25) is 0 Å². The zero-order valence-electron chi connectivity index (χ0n) is 10.5. The zero-order chi connectivity index (χ0) is 11.2. The highest BCUT2D eigenvalue weighted by Crippen LogP contribution is 2.47. The maximum Gasteiger partial charge on any atom is 0.123 e. The van der Waals surface area contributed by atoms with Crippen LogP contribution in [0.2, 0.25) is 0 Å². The molecule has 0 bridgehead atoms. The largest absolute Gasteiger partial charge is 0.490 e. The van der Waals surface area contributed by atoms with Gasteiger partial charge in [0, 0.05) is 12.3 Å². The van der Waals surface area contributed by atoms with E-state index in [-0.39, 0.29) is 0 Å². The summed E-state index contributed by atoms with van der Waals surface area (Å²) in [5, 5.41) is 0. The molecule has 2 unspecified atom stereocenters. The van der Waals surface area contributed by atoms with Crippen molar-refractivity contribution in [3.05, 3.63) is 23.5 Å². The van der Waals surface area contributed by atoms with Crippen molar-refractivity contribution in [2.75, 3.05) is 0 Å². The average Bonchev–Trinajstić information content (AvgIpc) is 3.28. The van der Waals surface area contributed by atoms with Gasteiger partial charge in [-0.25, -0.2) is 0 Å². The Morgan fingerprint density at radius 3 is 2.59 bits per heavy atom. The molecule has 0 aromatic rings. The molecule has 1 nitrogen and oxygen atoms in total. The van der Waals surface area contributed by atoms with E-state index in [0.717, 1.165) is 24.2 Å². The van der Waals surface area contributed by atoms with Crippen molar-refractivity contribution in [3.63, 3.8) is 0 Å². The smallest absolute Gasteiger partial charge is 0.123 e. The van der Waals surface area contributed by atoms with Crippen molar-refractivity contribution >= 4 is 0 Å². The minimum atomic E-state index is 0.423. The predicted octanol–water partition coefficient (Wildman–Crippen LogP) is 4.21. The Balaban J connectivity index is 1.40. The second kappa shape index (κ2) is 3.90. The molecule has 1 heteroatoms. The molecule has 0 radical (unpaired) electrons. The molecular weight excluding hydrogens is 208 g/mol. The molecule has 92 valence electrons. The first kappa shape index (κ1) is 10.2. The fraction of sp³-hybridized carbons (Fsp3) is 0.750. The average molecular weight is 230 g/mol. The Labute approximate surface area is 104 Å². The molecule has 0 saturated heterocycles. The van der Waals surface area contributed by atoms with E-state index in [2.05, 4.69) is 12.2 Å². The Kier molecular flexibility index (Phi) is 2.34. The maximum absolute atomic E-state index is 6.17. The van der Waals surface area contributed by atoms with Crippen LogP contribution in [-0.2, 0) is 4.74 Å². The first-order chi connectivity index (χ1) is 8.40. The second-order valence-corrected chi connectivity index (χ2v) is 6.38. The molecule has 4 aliphatic rings. The van der Waals surface area contributed by atoms with Gasteiger partial charge in [-0.3, -0.25) is 0 Å². The standard InChI is InChI=1S/C16H22O/c1-2-13(11-4-5-11)10-14(3-1)16-9-8-15(17-16)12-6-7-12/h3,8,11-13,16H,1-2,4-7,9-10H2. The lowest BCUT2D eigenvalue weighted by atomic mass is 9.83. The summed E-state index contributed by atoms with van der Waals surface area (Å²) in [7, 11) is 0. The van der Waals surface area contributed by atoms with Gasteiger partial charge in [-0.2, -0.15) is 0 Å². The molecule has 0 aromatic carbocycles. The summed E-state index contributed by atoms with van der Waals surface area (Å²) in [5.41, 5.74) is 1.63. The van der Waals surface area contributed by atoms with Gasteiger partial charge in [-0.15, -0.1) is 0 Å². The van der Waals surface area contributed by atoms with Gasteiger partial charge in [-0.1, -0.05) is 6.08 Å². The van der Waals surface area contributed by atoms with Crippen LogP contribution >= 0.6 is 0 Å². The van der Waals surface area contributed by atoms with E-state index in [1.165, 1.54) is 50.7 Å². The van der Waals surface area contributed by atoms with Gasteiger partial charge in [0.1, 0.15) is 6.10 Å². The molecule has 17 heavy (non-hydrogen) atoms. The molecular formula is C16H22O. The van der Waals surface area contributed by atoms with Crippen LogP contribution in [0.15, 0.2) is 23.5 Å². The van der Waals surface area contributed by atoms with Crippen molar-refractivity contribution in [2.45, 2.75) is 57.5 Å². The number of hydrogen-bond donors (Lipinski definition) is 0. The molecule has 0 amide bonds. The summed E-state index contributed by atoms with van der Waals surface area (Å²) in [6.07, 6.45) is 16.2. The van der Waals surface area contributed by atoms with Crippen LogP contribution < -0.4 is 0 Å². The van der Waals surface area contributed by atoms with Crippen molar-refractivity contribution in [2.24, 2.45) is 17.8 Å². The first-order valence-electron chi connectivity index (χ1n) is 7.46. The third-order valence-corrected chi connectivity index (χ3v) is 4.94. The summed E-state index contributed by atoms with van der Waals surface area (Å²) in [5.74, 6) is 4.17. The van der Waals surface area contributed by atoms with Crippen molar-refractivity contribution in [3.8, 4) is 0 Å². The van der Waals surface area contributed by atoms with E-state index in [4.69, 9.17) is 4.74 Å². The van der Waals surface area contributed by atoms with E-state index < -0.39 is 0 Å². The van der Waals surface area contributed by atoms with Gasteiger partial charge in [0.15, 0.2) is 0 Å². The molecule has 3 aliphatic carbocycles. The molecule has 4 rings (SSSR count).